The van der Waals surface area contributed by atoms with Gasteiger partial charge in [0.2, 0.25) is 5.95 Å². The first-order valence-electron chi connectivity index (χ1n) is 10.8. The Morgan fingerprint density at radius 2 is 1.74 bits per heavy atom. The van der Waals surface area contributed by atoms with Gasteiger partial charge in [-0.15, -0.1) is 5.10 Å². The number of nitrogens with one attached hydrogen (secondary N) is 2. The van der Waals surface area contributed by atoms with Crippen LogP contribution in [0, 0.1) is 0 Å². The molecule has 0 aliphatic carbocycles. The van der Waals surface area contributed by atoms with Gasteiger partial charge in [-0.1, -0.05) is 42.5 Å². The summed E-state index contributed by atoms with van der Waals surface area (Å²) >= 11 is 0. The molecule has 1 atom stereocenters. The Balaban J connectivity index is 1.62. The van der Waals surface area contributed by atoms with Gasteiger partial charge in [0.25, 0.3) is 5.91 Å². The van der Waals surface area contributed by atoms with Crippen LogP contribution in [0.3, 0.4) is 0 Å². The lowest BCUT2D eigenvalue weighted by atomic mass is 9.95. The molecule has 1 amide bonds. The molecule has 1 unspecified atom stereocenters. The SMILES string of the molecule is COc1ccccc1-c1nc2n(n1)C(c1ccc(O)cc1)C(C(=O)Nc1ccccc1)=C(C)N2. The van der Waals surface area contributed by atoms with Crippen molar-refractivity contribution >= 4 is 17.5 Å². The standard InChI is InChI=1S/C26H23N5O3/c1-16-22(25(33)28-18-8-4-3-5-9-18)23(17-12-14-19(32)15-13-17)31-26(27-16)29-24(30-31)20-10-6-7-11-21(20)34-2/h3-15,23,32H,1-2H3,(H,28,33)(H,27,29,30). The third kappa shape index (κ3) is 3.86. The van der Waals surface area contributed by atoms with Crippen molar-refractivity contribution in [3.05, 3.63) is 95.7 Å². The molecular weight excluding hydrogens is 430 g/mol. The smallest absolute Gasteiger partial charge is 0.255 e. The van der Waals surface area contributed by atoms with Crippen molar-refractivity contribution in [1.29, 1.82) is 0 Å². The van der Waals surface area contributed by atoms with Gasteiger partial charge in [-0.25, -0.2) is 4.68 Å². The Kier molecular flexibility index (Phi) is 5.47. The van der Waals surface area contributed by atoms with Gasteiger partial charge in [0, 0.05) is 11.4 Å². The first-order chi connectivity index (χ1) is 16.5. The van der Waals surface area contributed by atoms with Crippen molar-refractivity contribution in [3.63, 3.8) is 0 Å². The monoisotopic (exact) mass is 453 g/mol. The number of methoxy groups -OCH3 is 1. The first-order valence-corrected chi connectivity index (χ1v) is 10.8. The Morgan fingerprint density at radius 1 is 1.03 bits per heavy atom. The molecule has 0 bridgehead atoms. The predicted octanol–water partition coefficient (Wildman–Crippen LogP) is 4.59. The van der Waals surface area contributed by atoms with Crippen LogP contribution in [0.4, 0.5) is 11.6 Å². The highest BCUT2D eigenvalue weighted by atomic mass is 16.5. The number of rotatable bonds is 5. The molecule has 34 heavy (non-hydrogen) atoms. The number of hydrogen-bond acceptors (Lipinski definition) is 6. The molecule has 1 aromatic heterocycles. The van der Waals surface area contributed by atoms with Crippen LogP contribution in [0.15, 0.2) is 90.1 Å². The van der Waals surface area contributed by atoms with Gasteiger partial charge in [0.05, 0.1) is 18.2 Å². The van der Waals surface area contributed by atoms with E-state index in [1.807, 2.05) is 61.5 Å². The van der Waals surface area contributed by atoms with Crippen molar-refractivity contribution in [1.82, 2.24) is 14.8 Å². The van der Waals surface area contributed by atoms with Gasteiger partial charge >= 0.3 is 0 Å². The average molecular weight is 454 g/mol. The third-order valence-corrected chi connectivity index (χ3v) is 5.69. The summed E-state index contributed by atoms with van der Waals surface area (Å²) in [4.78, 5) is 18.2. The van der Waals surface area contributed by atoms with Crippen molar-refractivity contribution in [2.24, 2.45) is 0 Å². The van der Waals surface area contributed by atoms with Gasteiger partial charge in [0.1, 0.15) is 17.5 Å². The number of nitrogens with zero attached hydrogens (tertiary/aromatic N) is 3. The Hall–Kier alpha value is -4.59. The van der Waals surface area contributed by atoms with Crippen molar-refractivity contribution in [3.8, 4) is 22.9 Å². The van der Waals surface area contributed by atoms with Crippen LogP contribution in [-0.2, 0) is 4.79 Å². The van der Waals surface area contributed by atoms with Crippen molar-refractivity contribution in [2.75, 3.05) is 17.7 Å². The van der Waals surface area contributed by atoms with Crippen molar-refractivity contribution in [2.45, 2.75) is 13.0 Å². The highest BCUT2D eigenvalue weighted by Gasteiger charge is 2.34. The van der Waals surface area contributed by atoms with E-state index in [0.29, 0.717) is 34.5 Å². The zero-order chi connectivity index (χ0) is 23.7. The number of fused-ring (bicyclic) bond motifs is 1. The molecule has 1 aliphatic heterocycles. The summed E-state index contributed by atoms with van der Waals surface area (Å²) in [6.07, 6.45) is 0. The fraction of sp³-hybridized carbons (Fsp3) is 0.115. The van der Waals surface area contributed by atoms with E-state index in [1.165, 1.54) is 0 Å². The number of phenols is 1. The topological polar surface area (TPSA) is 101 Å². The van der Waals surface area contributed by atoms with Gasteiger partial charge in [-0.2, -0.15) is 4.98 Å². The van der Waals surface area contributed by atoms with Gasteiger partial charge in [-0.3, -0.25) is 4.79 Å². The van der Waals surface area contributed by atoms with Gasteiger partial charge in [0.15, 0.2) is 5.82 Å². The maximum absolute atomic E-state index is 13.5. The Morgan fingerprint density at radius 3 is 2.47 bits per heavy atom. The summed E-state index contributed by atoms with van der Waals surface area (Å²) in [6.45, 7) is 1.84. The number of carbonyl (C=O) groups excluding carboxylic acids is 1. The number of aromatic nitrogens is 3. The zero-order valence-electron chi connectivity index (χ0n) is 18.7. The maximum Gasteiger partial charge on any atom is 0.255 e. The quantitative estimate of drug-likeness (QED) is 0.409. The van der Waals surface area contributed by atoms with Crippen LogP contribution >= 0.6 is 0 Å². The molecule has 0 saturated carbocycles. The molecule has 2 heterocycles. The molecule has 0 spiro atoms. The molecule has 0 radical (unpaired) electrons. The molecule has 170 valence electrons. The van der Waals surface area contributed by atoms with Gasteiger partial charge in [-0.05, 0) is 48.9 Å². The highest BCUT2D eigenvalue weighted by molar-refractivity contribution is 6.06. The number of ether oxygens (including phenoxy) is 1. The van der Waals surface area contributed by atoms with Crippen LogP contribution in [0.25, 0.3) is 11.4 Å². The summed E-state index contributed by atoms with van der Waals surface area (Å²) in [6, 6.07) is 23.0. The van der Waals surface area contributed by atoms with E-state index >= 15 is 0 Å². The molecule has 0 fully saturated rings. The highest BCUT2D eigenvalue weighted by Crippen LogP contribution is 2.38. The van der Waals surface area contributed by atoms with E-state index in [4.69, 9.17) is 14.8 Å². The molecule has 8 heteroatoms. The third-order valence-electron chi connectivity index (χ3n) is 5.69. The van der Waals surface area contributed by atoms with Crippen LogP contribution in [0.5, 0.6) is 11.5 Å². The number of carbonyl (C=O) groups is 1. The maximum atomic E-state index is 13.5. The molecule has 8 nitrogen and oxygen atoms in total. The molecule has 3 aromatic carbocycles. The number of aromatic hydroxyl groups is 1. The summed E-state index contributed by atoms with van der Waals surface area (Å²) in [5.41, 5.74) is 3.38. The second kappa shape index (κ2) is 8.74. The number of hydrogen-bond donors (Lipinski definition) is 3. The lowest BCUT2D eigenvalue weighted by Gasteiger charge is -2.28. The molecule has 4 aromatic rings. The number of benzene rings is 3. The number of amides is 1. The lowest BCUT2D eigenvalue weighted by molar-refractivity contribution is -0.113. The first kappa shape index (κ1) is 21.3. The largest absolute Gasteiger partial charge is 0.508 e. The normalized spacial score (nSPS) is 14.8. The molecule has 0 saturated heterocycles. The summed E-state index contributed by atoms with van der Waals surface area (Å²) in [5.74, 6) is 1.52. The summed E-state index contributed by atoms with van der Waals surface area (Å²) in [5, 5.41) is 20.8. The predicted molar refractivity (Wildman–Crippen MR) is 130 cm³/mol. The lowest BCUT2D eigenvalue weighted by Crippen LogP contribution is -2.31. The molecule has 5 rings (SSSR count). The zero-order valence-corrected chi connectivity index (χ0v) is 18.7. The fourth-order valence-electron chi connectivity index (χ4n) is 4.07. The molecule has 3 N–H and O–H groups in total. The van der Waals surface area contributed by atoms with Crippen LogP contribution < -0.4 is 15.4 Å². The minimum atomic E-state index is -0.559. The van der Waals surface area contributed by atoms with E-state index in [2.05, 4.69) is 10.6 Å². The molecule has 1 aliphatic rings. The van der Waals surface area contributed by atoms with Crippen molar-refractivity contribution < 1.29 is 14.6 Å². The second-order valence-corrected chi connectivity index (χ2v) is 7.88. The summed E-state index contributed by atoms with van der Waals surface area (Å²) in [7, 11) is 1.60. The number of phenolic OH excluding ortho intramolecular Hbond substituents is 1. The number of allylic oxidation sites excluding steroid dienone is 1. The number of para-hydroxylation sites is 2. The van der Waals surface area contributed by atoms with Crippen LogP contribution in [0.2, 0.25) is 0 Å². The van der Waals surface area contributed by atoms with Gasteiger partial charge < -0.3 is 20.5 Å². The second-order valence-electron chi connectivity index (χ2n) is 7.88. The Labute approximate surface area is 196 Å². The van der Waals surface area contributed by atoms with Crippen LogP contribution in [0.1, 0.15) is 18.5 Å². The summed E-state index contributed by atoms with van der Waals surface area (Å²) < 4.78 is 7.19. The van der Waals surface area contributed by atoms with E-state index in [9.17, 15) is 9.90 Å². The average Bonchev–Trinajstić information content (AvgIpc) is 3.27. The Bertz CT molecular complexity index is 1380. The minimum Gasteiger partial charge on any atom is -0.508 e. The van der Waals surface area contributed by atoms with E-state index in [1.54, 1.807) is 36.1 Å². The van der Waals surface area contributed by atoms with E-state index in [-0.39, 0.29) is 11.7 Å². The minimum absolute atomic E-state index is 0.141. The van der Waals surface area contributed by atoms with Crippen LogP contribution in [-0.4, -0.2) is 32.9 Å². The molecular formula is C26H23N5O3. The van der Waals surface area contributed by atoms with E-state index in [0.717, 1.165) is 11.1 Å². The number of anilines is 2. The van der Waals surface area contributed by atoms with E-state index < -0.39 is 6.04 Å². The fourth-order valence-corrected chi connectivity index (χ4v) is 4.07.